The third-order valence-electron chi connectivity index (χ3n) is 2.47. The summed E-state index contributed by atoms with van der Waals surface area (Å²) < 4.78 is 1.87. The summed E-state index contributed by atoms with van der Waals surface area (Å²) >= 11 is 12.0. The van der Waals surface area contributed by atoms with Crippen LogP contribution in [0, 0.1) is 13.8 Å². The topological polar surface area (TPSA) is 17.8 Å². The van der Waals surface area contributed by atoms with Gasteiger partial charge in [-0.2, -0.15) is 5.10 Å². The summed E-state index contributed by atoms with van der Waals surface area (Å²) in [4.78, 5) is 0. The standard InChI is InChI=1S/C12H12Cl2N2/c1-8-6-9(2)16(15-8)12-5-3-4-11(14)10(12)7-13/h3-6H,7H2,1-2H3. The lowest BCUT2D eigenvalue weighted by atomic mass is 10.2. The first-order chi connectivity index (χ1) is 7.63. The highest BCUT2D eigenvalue weighted by Gasteiger charge is 2.10. The summed E-state index contributed by atoms with van der Waals surface area (Å²) in [5.74, 6) is 0.382. The van der Waals surface area contributed by atoms with Crippen molar-refractivity contribution in [1.29, 1.82) is 0 Å². The number of benzene rings is 1. The highest BCUT2D eigenvalue weighted by atomic mass is 35.5. The molecule has 0 aliphatic rings. The van der Waals surface area contributed by atoms with Crippen molar-refractivity contribution in [2.45, 2.75) is 19.7 Å². The molecule has 0 aliphatic heterocycles. The monoisotopic (exact) mass is 254 g/mol. The Bertz CT molecular complexity index is 518. The van der Waals surface area contributed by atoms with E-state index in [0.717, 1.165) is 22.6 Å². The highest BCUT2D eigenvalue weighted by molar-refractivity contribution is 6.32. The number of halogens is 2. The molecule has 0 fully saturated rings. The van der Waals surface area contributed by atoms with Gasteiger partial charge in [-0.25, -0.2) is 4.68 Å². The molecule has 0 amide bonds. The van der Waals surface area contributed by atoms with E-state index in [1.54, 1.807) is 0 Å². The molecular weight excluding hydrogens is 243 g/mol. The molecule has 16 heavy (non-hydrogen) atoms. The van der Waals surface area contributed by atoms with Crippen LogP contribution in [0.1, 0.15) is 17.0 Å². The van der Waals surface area contributed by atoms with Crippen LogP contribution in [0.25, 0.3) is 5.69 Å². The van der Waals surface area contributed by atoms with Crippen LogP contribution >= 0.6 is 23.2 Å². The zero-order valence-corrected chi connectivity index (χ0v) is 10.7. The van der Waals surface area contributed by atoms with Gasteiger partial charge in [0.15, 0.2) is 0 Å². The van der Waals surface area contributed by atoms with Gasteiger partial charge in [-0.15, -0.1) is 11.6 Å². The number of hydrogen-bond donors (Lipinski definition) is 0. The van der Waals surface area contributed by atoms with Crippen molar-refractivity contribution in [3.63, 3.8) is 0 Å². The maximum Gasteiger partial charge on any atom is 0.0707 e. The molecule has 0 bridgehead atoms. The zero-order valence-electron chi connectivity index (χ0n) is 9.17. The van der Waals surface area contributed by atoms with Crippen LogP contribution in [0.4, 0.5) is 0 Å². The van der Waals surface area contributed by atoms with Gasteiger partial charge in [0.05, 0.1) is 17.3 Å². The van der Waals surface area contributed by atoms with Crippen LogP contribution in [0.5, 0.6) is 0 Å². The van der Waals surface area contributed by atoms with E-state index in [4.69, 9.17) is 23.2 Å². The lowest BCUT2D eigenvalue weighted by molar-refractivity contribution is 0.826. The third kappa shape index (κ3) is 1.95. The van der Waals surface area contributed by atoms with E-state index in [1.165, 1.54) is 0 Å². The highest BCUT2D eigenvalue weighted by Crippen LogP contribution is 2.25. The predicted molar refractivity (Wildman–Crippen MR) is 67.6 cm³/mol. The van der Waals surface area contributed by atoms with Crippen LogP contribution in [-0.4, -0.2) is 9.78 Å². The van der Waals surface area contributed by atoms with Gasteiger partial charge in [-0.3, -0.25) is 0 Å². The summed E-state index contributed by atoms with van der Waals surface area (Å²) in [6.45, 7) is 3.98. The second kappa shape index (κ2) is 4.48. The van der Waals surface area contributed by atoms with Gasteiger partial charge in [0, 0.05) is 16.3 Å². The summed E-state index contributed by atoms with van der Waals surface area (Å²) in [6, 6.07) is 7.75. The van der Waals surface area contributed by atoms with E-state index in [2.05, 4.69) is 5.10 Å². The van der Waals surface area contributed by atoms with Gasteiger partial charge in [0.2, 0.25) is 0 Å². The second-order valence-electron chi connectivity index (χ2n) is 3.71. The molecule has 84 valence electrons. The van der Waals surface area contributed by atoms with Gasteiger partial charge < -0.3 is 0 Å². The summed E-state index contributed by atoms with van der Waals surface area (Å²) in [7, 11) is 0. The van der Waals surface area contributed by atoms with Crippen LogP contribution in [0.15, 0.2) is 24.3 Å². The van der Waals surface area contributed by atoms with E-state index in [1.807, 2.05) is 42.8 Å². The number of nitrogens with zero attached hydrogens (tertiary/aromatic N) is 2. The fraction of sp³-hybridized carbons (Fsp3) is 0.250. The SMILES string of the molecule is Cc1cc(C)n(-c2cccc(Cl)c2CCl)n1. The van der Waals surface area contributed by atoms with Crippen molar-refractivity contribution in [1.82, 2.24) is 9.78 Å². The molecule has 0 atom stereocenters. The Balaban J connectivity index is 2.64. The molecule has 2 aromatic rings. The lowest BCUT2D eigenvalue weighted by Crippen LogP contribution is -2.03. The number of alkyl halides is 1. The van der Waals surface area contributed by atoms with Gasteiger partial charge in [-0.05, 0) is 32.0 Å². The largest absolute Gasteiger partial charge is 0.237 e. The van der Waals surface area contributed by atoms with Crippen molar-refractivity contribution in [2.24, 2.45) is 0 Å². The molecule has 1 aromatic heterocycles. The maximum absolute atomic E-state index is 6.11. The second-order valence-corrected chi connectivity index (χ2v) is 4.38. The molecule has 1 aromatic carbocycles. The quantitative estimate of drug-likeness (QED) is 0.744. The smallest absolute Gasteiger partial charge is 0.0707 e. The van der Waals surface area contributed by atoms with Crippen molar-refractivity contribution < 1.29 is 0 Å². The van der Waals surface area contributed by atoms with Gasteiger partial charge in [0.25, 0.3) is 0 Å². The van der Waals surface area contributed by atoms with E-state index < -0.39 is 0 Å². The molecule has 0 N–H and O–H groups in total. The van der Waals surface area contributed by atoms with E-state index in [0.29, 0.717) is 10.9 Å². The van der Waals surface area contributed by atoms with Crippen LogP contribution in [-0.2, 0) is 5.88 Å². The summed E-state index contributed by atoms with van der Waals surface area (Å²) in [5, 5.41) is 5.11. The molecule has 4 heteroatoms. The third-order valence-corrected chi connectivity index (χ3v) is 3.09. The number of hydrogen-bond acceptors (Lipinski definition) is 1. The molecule has 2 nitrogen and oxygen atoms in total. The molecule has 2 rings (SSSR count). The number of aryl methyl sites for hydroxylation is 2. The van der Waals surface area contributed by atoms with E-state index in [9.17, 15) is 0 Å². The average Bonchev–Trinajstić information content (AvgIpc) is 2.57. The molecule has 0 saturated heterocycles. The Morgan fingerprint density at radius 2 is 2.06 bits per heavy atom. The predicted octanol–water partition coefficient (Wildman–Crippen LogP) is 3.88. The lowest BCUT2D eigenvalue weighted by Gasteiger charge is -2.10. The first-order valence-corrected chi connectivity index (χ1v) is 5.91. The fourth-order valence-corrected chi connectivity index (χ4v) is 2.34. The minimum atomic E-state index is 0.382. The molecule has 0 radical (unpaired) electrons. The Kier molecular flexibility index (Phi) is 3.22. The minimum absolute atomic E-state index is 0.382. The normalized spacial score (nSPS) is 10.8. The maximum atomic E-state index is 6.11. The first-order valence-electron chi connectivity index (χ1n) is 5.00. The molecule has 0 saturated carbocycles. The Morgan fingerprint density at radius 1 is 1.31 bits per heavy atom. The zero-order chi connectivity index (χ0) is 11.7. The molecular formula is C12H12Cl2N2. The van der Waals surface area contributed by atoms with Crippen LogP contribution < -0.4 is 0 Å². The van der Waals surface area contributed by atoms with Gasteiger partial charge >= 0.3 is 0 Å². The summed E-state index contributed by atoms with van der Waals surface area (Å²) in [5.41, 5.74) is 3.93. The Labute approximate surface area is 105 Å². The number of aromatic nitrogens is 2. The minimum Gasteiger partial charge on any atom is -0.237 e. The van der Waals surface area contributed by atoms with Crippen molar-refractivity contribution in [2.75, 3.05) is 0 Å². The molecule has 1 heterocycles. The Morgan fingerprint density at radius 3 is 2.62 bits per heavy atom. The van der Waals surface area contributed by atoms with Crippen LogP contribution in [0.3, 0.4) is 0 Å². The van der Waals surface area contributed by atoms with Crippen molar-refractivity contribution in [3.05, 3.63) is 46.2 Å². The van der Waals surface area contributed by atoms with Gasteiger partial charge in [-0.1, -0.05) is 17.7 Å². The van der Waals surface area contributed by atoms with Crippen molar-refractivity contribution in [3.8, 4) is 5.69 Å². The van der Waals surface area contributed by atoms with Gasteiger partial charge in [0.1, 0.15) is 0 Å². The number of rotatable bonds is 2. The van der Waals surface area contributed by atoms with Crippen molar-refractivity contribution >= 4 is 23.2 Å². The molecule has 0 unspecified atom stereocenters. The first kappa shape index (κ1) is 11.5. The Hall–Kier alpha value is -0.990. The van der Waals surface area contributed by atoms with E-state index >= 15 is 0 Å². The fourth-order valence-electron chi connectivity index (χ4n) is 1.75. The summed E-state index contributed by atoms with van der Waals surface area (Å²) in [6.07, 6.45) is 0. The average molecular weight is 255 g/mol. The van der Waals surface area contributed by atoms with Crippen LogP contribution in [0.2, 0.25) is 5.02 Å². The molecule has 0 aliphatic carbocycles. The van der Waals surface area contributed by atoms with E-state index in [-0.39, 0.29) is 0 Å². The molecule has 0 spiro atoms.